The minimum atomic E-state index is -3.76. The molecule has 0 aliphatic carbocycles. The third-order valence-corrected chi connectivity index (χ3v) is 7.11. The van der Waals surface area contributed by atoms with Crippen LogP contribution in [0.15, 0.2) is 59.6 Å². The van der Waals surface area contributed by atoms with Gasteiger partial charge in [0.05, 0.1) is 29.4 Å². The van der Waals surface area contributed by atoms with Gasteiger partial charge in [0.25, 0.3) is 0 Å². The van der Waals surface area contributed by atoms with Gasteiger partial charge in [0, 0.05) is 7.05 Å². The van der Waals surface area contributed by atoms with E-state index < -0.39 is 10.0 Å². The van der Waals surface area contributed by atoms with Crippen molar-refractivity contribution in [3.8, 4) is 11.3 Å². The van der Waals surface area contributed by atoms with Crippen molar-refractivity contribution in [3.05, 3.63) is 71.7 Å². The molecular formula is C23H28N4O3S. The molecule has 2 aromatic carbocycles. The highest BCUT2D eigenvalue weighted by atomic mass is 32.2. The molecule has 1 amide bonds. The van der Waals surface area contributed by atoms with Crippen molar-refractivity contribution in [2.45, 2.75) is 38.1 Å². The minimum Gasteiger partial charge on any atom is -0.345 e. The summed E-state index contributed by atoms with van der Waals surface area (Å²) in [5.41, 5.74) is 3.76. The number of nitrogens with zero attached hydrogens (tertiary/aromatic N) is 2. The number of aromatic nitrogens is 2. The topological polar surface area (TPSA) is 95.2 Å². The summed E-state index contributed by atoms with van der Waals surface area (Å²) in [6.45, 7) is 5.44. The van der Waals surface area contributed by atoms with E-state index >= 15 is 0 Å². The first-order valence-corrected chi connectivity index (χ1v) is 11.6. The number of sulfonamides is 1. The third kappa shape index (κ3) is 5.21. The number of likely N-dealkylation sites (N-methyl/N-ethyl adjacent to an activating group) is 1. The molecule has 0 aliphatic rings. The van der Waals surface area contributed by atoms with Gasteiger partial charge < -0.3 is 10.3 Å². The number of aryl methyl sites for hydroxylation is 2. The summed E-state index contributed by atoms with van der Waals surface area (Å²) in [4.78, 5) is 20.4. The van der Waals surface area contributed by atoms with Crippen LogP contribution >= 0.6 is 0 Å². The number of H-pyrrole nitrogens is 1. The molecule has 1 atom stereocenters. The van der Waals surface area contributed by atoms with Gasteiger partial charge in [0.15, 0.2) is 0 Å². The summed E-state index contributed by atoms with van der Waals surface area (Å²) in [5.74, 6) is 0.244. The van der Waals surface area contributed by atoms with Crippen molar-refractivity contribution in [1.82, 2.24) is 19.6 Å². The maximum atomic E-state index is 12.8. The number of hydrogen-bond donors (Lipinski definition) is 2. The van der Waals surface area contributed by atoms with Crippen LogP contribution in [0.25, 0.3) is 11.3 Å². The summed E-state index contributed by atoms with van der Waals surface area (Å²) in [6.07, 6.45) is 2.34. The molecule has 0 fully saturated rings. The number of imidazole rings is 1. The van der Waals surface area contributed by atoms with Gasteiger partial charge in [-0.15, -0.1) is 0 Å². The Morgan fingerprint density at radius 2 is 1.84 bits per heavy atom. The van der Waals surface area contributed by atoms with Crippen LogP contribution in [0.2, 0.25) is 0 Å². The Morgan fingerprint density at radius 1 is 1.13 bits per heavy atom. The summed E-state index contributed by atoms with van der Waals surface area (Å²) in [6, 6.07) is 14.4. The predicted octanol–water partition coefficient (Wildman–Crippen LogP) is 3.58. The SMILES string of the molecule is CCC(NC(=O)CN(C)S(=O)(=O)c1ccc(C)c(C)c1)c1ncc(-c2ccccc2)[nH]1. The molecule has 164 valence electrons. The van der Waals surface area contributed by atoms with Gasteiger partial charge in [-0.3, -0.25) is 4.79 Å². The number of carbonyl (C=O) groups excluding carboxylic acids is 1. The van der Waals surface area contributed by atoms with Crippen molar-refractivity contribution in [2.24, 2.45) is 0 Å². The Labute approximate surface area is 183 Å². The Hall–Kier alpha value is -2.97. The molecule has 31 heavy (non-hydrogen) atoms. The Morgan fingerprint density at radius 3 is 2.48 bits per heavy atom. The van der Waals surface area contributed by atoms with Crippen LogP contribution in [0.4, 0.5) is 0 Å². The monoisotopic (exact) mass is 440 g/mol. The molecule has 1 aromatic heterocycles. The van der Waals surface area contributed by atoms with Crippen molar-refractivity contribution in [1.29, 1.82) is 0 Å². The van der Waals surface area contributed by atoms with Gasteiger partial charge in [-0.05, 0) is 49.1 Å². The second-order valence-corrected chi connectivity index (χ2v) is 9.63. The van der Waals surface area contributed by atoms with Crippen LogP contribution in [0.1, 0.15) is 36.3 Å². The van der Waals surface area contributed by atoms with Gasteiger partial charge in [0.1, 0.15) is 5.82 Å². The van der Waals surface area contributed by atoms with E-state index in [0.717, 1.165) is 26.7 Å². The zero-order valence-electron chi connectivity index (χ0n) is 18.2. The zero-order valence-corrected chi connectivity index (χ0v) is 19.0. The lowest BCUT2D eigenvalue weighted by molar-refractivity contribution is -0.122. The van der Waals surface area contributed by atoms with Crippen molar-refractivity contribution >= 4 is 15.9 Å². The van der Waals surface area contributed by atoms with Crippen LogP contribution in [0.5, 0.6) is 0 Å². The van der Waals surface area contributed by atoms with E-state index in [1.54, 1.807) is 24.4 Å². The molecule has 3 rings (SSSR count). The molecule has 3 aromatic rings. The molecule has 1 unspecified atom stereocenters. The van der Waals surface area contributed by atoms with Gasteiger partial charge in [-0.2, -0.15) is 4.31 Å². The molecule has 7 nitrogen and oxygen atoms in total. The second-order valence-electron chi connectivity index (χ2n) is 7.58. The van der Waals surface area contributed by atoms with E-state index in [9.17, 15) is 13.2 Å². The lowest BCUT2D eigenvalue weighted by Crippen LogP contribution is -2.40. The molecule has 8 heteroatoms. The van der Waals surface area contributed by atoms with E-state index in [4.69, 9.17) is 0 Å². The Bertz CT molecular complexity index is 1160. The normalized spacial score (nSPS) is 12.7. The van der Waals surface area contributed by atoms with Gasteiger partial charge >= 0.3 is 0 Å². The number of benzene rings is 2. The fourth-order valence-electron chi connectivity index (χ4n) is 3.22. The predicted molar refractivity (Wildman–Crippen MR) is 121 cm³/mol. The Kier molecular flexibility index (Phi) is 6.92. The number of aromatic amines is 1. The highest BCUT2D eigenvalue weighted by Crippen LogP contribution is 2.21. The van der Waals surface area contributed by atoms with Gasteiger partial charge in [-0.1, -0.05) is 43.3 Å². The van der Waals surface area contributed by atoms with Crippen LogP contribution in [0.3, 0.4) is 0 Å². The second kappa shape index (κ2) is 9.45. The molecule has 0 radical (unpaired) electrons. The first-order chi connectivity index (χ1) is 14.7. The largest absolute Gasteiger partial charge is 0.345 e. The maximum absolute atomic E-state index is 12.8. The maximum Gasteiger partial charge on any atom is 0.243 e. The van der Waals surface area contributed by atoms with E-state index in [1.165, 1.54) is 7.05 Å². The van der Waals surface area contributed by atoms with Gasteiger partial charge in [0.2, 0.25) is 15.9 Å². The number of amides is 1. The molecule has 0 saturated heterocycles. The van der Waals surface area contributed by atoms with Gasteiger partial charge in [-0.25, -0.2) is 13.4 Å². The first-order valence-electron chi connectivity index (χ1n) is 10.2. The summed E-state index contributed by atoms with van der Waals surface area (Å²) in [5, 5.41) is 2.88. The summed E-state index contributed by atoms with van der Waals surface area (Å²) >= 11 is 0. The molecule has 0 bridgehead atoms. The van der Waals surface area contributed by atoms with Crippen LogP contribution < -0.4 is 5.32 Å². The average Bonchev–Trinajstić information content (AvgIpc) is 3.24. The summed E-state index contributed by atoms with van der Waals surface area (Å²) in [7, 11) is -2.36. The highest BCUT2D eigenvalue weighted by molar-refractivity contribution is 7.89. The number of carbonyl (C=O) groups is 1. The molecule has 0 saturated carbocycles. The van der Waals surface area contributed by atoms with Crippen LogP contribution in [-0.4, -0.2) is 42.2 Å². The lowest BCUT2D eigenvalue weighted by Gasteiger charge is -2.20. The summed E-state index contributed by atoms with van der Waals surface area (Å²) < 4.78 is 26.8. The van der Waals surface area contributed by atoms with Crippen LogP contribution in [-0.2, 0) is 14.8 Å². The molecule has 0 spiro atoms. The average molecular weight is 441 g/mol. The smallest absolute Gasteiger partial charge is 0.243 e. The molecule has 1 heterocycles. The molecular weight excluding hydrogens is 412 g/mol. The zero-order chi connectivity index (χ0) is 22.6. The van der Waals surface area contributed by atoms with Crippen molar-refractivity contribution in [3.63, 3.8) is 0 Å². The fraction of sp³-hybridized carbons (Fsp3) is 0.304. The van der Waals surface area contributed by atoms with E-state index in [0.29, 0.717) is 12.2 Å². The lowest BCUT2D eigenvalue weighted by atomic mass is 10.1. The molecule has 0 aliphatic heterocycles. The fourth-order valence-corrected chi connectivity index (χ4v) is 4.44. The van der Waals surface area contributed by atoms with Crippen molar-refractivity contribution < 1.29 is 13.2 Å². The Balaban J connectivity index is 1.68. The number of rotatable bonds is 8. The van der Waals surface area contributed by atoms with Crippen molar-refractivity contribution in [2.75, 3.05) is 13.6 Å². The van der Waals surface area contributed by atoms with E-state index in [2.05, 4.69) is 15.3 Å². The number of nitrogens with one attached hydrogen (secondary N) is 2. The van der Waals surface area contributed by atoms with E-state index in [-0.39, 0.29) is 23.4 Å². The quantitative estimate of drug-likeness (QED) is 0.560. The third-order valence-electron chi connectivity index (χ3n) is 5.31. The van der Waals surface area contributed by atoms with Crippen LogP contribution in [0, 0.1) is 13.8 Å². The number of hydrogen-bond acceptors (Lipinski definition) is 4. The first kappa shape index (κ1) is 22.7. The minimum absolute atomic E-state index is 0.177. The molecule has 2 N–H and O–H groups in total. The standard InChI is InChI=1S/C23H28N4O3S/c1-5-20(23-24-14-21(26-23)18-9-7-6-8-10-18)25-22(28)15-27(4)31(29,30)19-12-11-16(2)17(3)13-19/h6-14,20H,5,15H2,1-4H3,(H,24,26)(H,25,28). The highest BCUT2D eigenvalue weighted by Gasteiger charge is 2.25. The van der Waals surface area contributed by atoms with E-state index in [1.807, 2.05) is 51.1 Å².